The first-order valence-electron chi connectivity index (χ1n) is 5.49. The van der Waals surface area contributed by atoms with E-state index in [0.717, 1.165) is 24.5 Å². The number of pyridine rings is 1. The molecule has 0 aromatic carbocycles. The van der Waals surface area contributed by atoms with Crippen LogP contribution in [0.2, 0.25) is 0 Å². The maximum Gasteiger partial charge on any atom is 0.299 e. The van der Waals surface area contributed by atoms with E-state index in [1.54, 1.807) is 12.4 Å². The lowest BCUT2D eigenvalue weighted by molar-refractivity contribution is 0.470. The Hall–Kier alpha value is -1.53. The molecular formula is C11H14N4OS. The summed E-state index contributed by atoms with van der Waals surface area (Å²) in [7, 11) is 0. The first-order chi connectivity index (χ1) is 8.38. The van der Waals surface area contributed by atoms with Gasteiger partial charge in [0.15, 0.2) is 0 Å². The van der Waals surface area contributed by atoms with Gasteiger partial charge in [-0.05, 0) is 25.1 Å². The molecule has 0 atom stereocenters. The zero-order valence-corrected chi connectivity index (χ0v) is 10.4. The predicted molar refractivity (Wildman–Crippen MR) is 66.2 cm³/mol. The Morgan fingerprint density at radius 3 is 3.12 bits per heavy atom. The highest BCUT2D eigenvalue weighted by Crippen LogP contribution is 2.23. The van der Waals surface area contributed by atoms with Crippen LogP contribution < -0.4 is 10.1 Å². The number of aromatic nitrogens is 3. The number of ether oxygens (including phenoxy) is 1. The van der Waals surface area contributed by atoms with Gasteiger partial charge >= 0.3 is 0 Å². The molecule has 90 valence electrons. The molecule has 2 rings (SSSR count). The van der Waals surface area contributed by atoms with Crippen molar-refractivity contribution in [1.29, 1.82) is 0 Å². The van der Waals surface area contributed by atoms with E-state index in [1.807, 2.05) is 12.1 Å². The molecule has 0 aliphatic rings. The Morgan fingerprint density at radius 2 is 2.35 bits per heavy atom. The van der Waals surface area contributed by atoms with E-state index in [4.69, 9.17) is 4.74 Å². The van der Waals surface area contributed by atoms with E-state index >= 15 is 0 Å². The lowest BCUT2D eigenvalue weighted by atomic mass is 10.5. The molecule has 0 radical (unpaired) electrons. The topological polar surface area (TPSA) is 59.9 Å². The van der Waals surface area contributed by atoms with Crippen molar-refractivity contribution in [2.24, 2.45) is 0 Å². The smallest absolute Gasteiger partial charge is 0.299 e. The average molecular weight is 250 g/mol. The van der Waals surface area contributed by atoms with Crippen molar-refractivity contribution in [3.05, 3.63) is 29.5 Å². The quantitative estimate of drug-likeness (QED) is 0.797. The number of hydrogen-bond acceptors (Lipinski definition) is 6. The number of nitrogens with zero attached hydrogens (tertiary/aromatic N) is 3. The molecule has 0 spiro atoms. The van der Waals surface area contributed by atoms with E-state index in [1.165, 1.54) is 11.3 Å². The van der Waals surface area contributed by atoms with Crippen LogP contribution in [0.15, 0.2) is 24.5 Å². The normalized spacial score (nSPS) is 10.4. The Labute approximate surface area is 104 Å². The van der Waals surface area contributed by atoms with Crippen LogP contribution in [0.25, 0.3) is 0 Å². The minimum atomic E-state index is 0.547. The summed E-state index contributed by atoms with van der Waals surface area (Å²) in [6.07, 6.45) is 4.46. The van der Waals surface area contributed by atoms with Crippen molar-refractivity contribution in [1.82, 2.24) is 20.5 Å². The van der Waals surface area contributed by atoms with E-state index in [2.05, 4.69) is 27.4 Å². The van der Waals surface area contributed by atoms with Crippen molar-refractivity contribution >= 4 is 11.3 Å². The third-order valence-electron chi connectivity index (χ3n) is 1.99. The Bertz CT molecular complexity index is 446. The SMILES string of the molecule is CCCNCc1nnc(Oc2cccnc2)s1. The molecule has 2 heterocycles. The third kappa shape index (κ3) is 3.76. The summed E-state index contributed by atoms with van der Waals surface area (Å²) in [6.45, 7) is 3.85. The molecule has 1 N–H and O–H groups in total. The molecule has 0 unspecified atom stereocenters. The van der Waals surface area contributed by atoms with Gasteiger partial charge in [0.25, 0.3) is 5.19 Å². The largest absolute Gasteiger partial charge is 0.428 e. The molecule has 17 heavy (non-hydrogen) atoms. The standard InChI is InChI=1S/C11H14N4OS/c1-2-5-12-8-10-14-15-11(17-10)16-9-4-3-6-13-7-9/h3-4,6-7,12H,2,5,8H2,1H3. The predicted octanol–water partition coefficient (Wildman–Crippen LogP) is 2.22. The van der Waals surface area contributed by atoms with E-state index in [-0.39, 0.29) is 0 Å². The van der Waals surface area contributed by atoms with Crippen LogP contribution in [0.3, 0.4) is 0 Å². The fraction of sp³-hybridized carbons (Fsp3) is 0.364. The van der Waals surface area contributed by atoms with Crippen molar-refractivity contribution in [3.8, 4) is 10.9 Å². The zero-order chi connectivity index (χ0) is 11.9. The summed E-state index contributed by atoms with van der Waals surface area (Å²) in [6, 6.07) is 3.66. The van der Waals surface area contributed by atoms with Gasteiger partial charge in [0.1, 0.15) is 10.8 Å². The number of rotatable bonds is 6. The molecule has 0 bridgehead atoms. The molecule has 0 fully saturated rings. The summed E-state index contributed by atoms with van der Waals surface area (Å²) in [4.78, 5) is 3.97. The highest BCUT2D eigenvalue weighted by atomic mass is 32.1. The van der Waals surface area contributed by atoms with Gasteiger partial charge in [-0.15, -0.1) is 5.10 Å². The van der Waals surface area contributed by atoms with Gasteiger partial charge in [0.2, 0.25) is 0 Å². The monoisotopic (exact) mass is 250 g/mol. The molecular weight excluding hydrogens is 236 g/mol. The van der Waals surface area contributed by atoms with Crippen LogP contribution in [-0.4, -0.2) is 21.7 Å². The van der Waals surface area contributed by atoms with Crippen LogP contribution >= 0.6 is 11.3 Å². The van der Waals surface area contributed by atoms with E-state index in [0.29, 0.717) is 10.9 Å². The van der Waals surface area contributed by atoms with Crippen LogP contribution in [-0.2, 0) is 6.54 Å². The Kier molecular flexibility index (Phi) is 4.40. The highest BCUT2D eigenvalue weighted by Gasteiger charge is 2.05. The van der Waals surface area contributed by atoms with Crippen molar-refractivity contribution in [3.63, 3.8) is 0 Å². The molecule has 5 nitrogen and oxygen atoms in total. The Morgan fingerprint density at radius 1 is 1.41 bits per heavy atom. The molecule has 0 amide bonds. The molecule has 0 saturated carbocycles. The summed E-state index contributed by atoms with van der Waals surface area (Å²) < 4.78 is 5.52. The van der Waals surface area contributed by atoms with Crippen molar-refractivity contribution < 1.29 is 4.74 Å². The molecule has 0 saturated heterocycles. The molecule has 0 aliphatic carbocycles. The van der Waals surface area contributed by atoms with Gasteiger partial charge in [-0.3, -0.25) is 4.98 Å². The van der Waals surface area contributed by atoms with Gasteiger partial charge in [0.05, 0.1) is 6.20 Å². The Balaban J connectivity index is 1.90. The second-order valence-electron chi connectivity index (χ2n) is 3.43. The second kappa shape index (κ2) is 6.27. The first-order valence-corrected chi connectivity index (χ1v) is 6.31. The molecule has 2 aromatic rings. The second-order valence-corrected chi connectivity index (χ2v) is 4.45. The molecule has 6 heteroatoms. The van der Waals surface area contributed by atoms with Crippen LogP contribution in [0, 0.1) is 0 Å². The lowest BCUT2D eigenvalue weighted by Crippen LogP contribution is -2.13. The molecule has 0 aliphatic heterocycles. The zero-order valence-electron chi connectivity index (χ0n) is 9.59. The van der Waals surface area contributed by atoms with Gasteiger partial charge in [-0.1, -0.05) is 23.4 Å². The highest BCUT2D eigenvalue weighted by molar-refractivity contribution is 7.13. The summed E-state index contributed by atoms with van der Waals surface area (Å²) in [5, 5.41) is 12.8. The minimum Gasteiger partial charge on any atom is -0.428 e. The first kappa shape index (κ1) is 11.9. The van der Waals surface area contributed by atoms with Crippen molar-refractivity contribution in [2.75, 3.05) is 6.54 Å². The minimum absolute atomic E-state index is 0.547. The van der Waals surface area contributed by atoms with Crippen LogP contribution in [0.4, 0.5) is 0 Å². The maximum atomic E-state index is 5.52. The maximum absolute atomic E-state index is 5.52. The van der Waals surface area contributed by atoms with Gasteiger partial charge in [-0.2, -0.15) is 0 Å². The van der Waals surface area contributed by atoms with Crippen LogP contribution in [0.5, 0.6) is 10.9 Å². The number of hydrogen-bond donors (Lipinski definition) is 1. The lowest BCUT2D eigenvalue weighted by Gasteiger charge is -1.98. The summed E-state index contributed by atoms with van der Waals surface area (Å²) in [5.74, 6) is 0.678. The fourth-order valence-corrected chi connectivity index (χ4v) is 1.91. The van der Waals surface area contributed by atoms with E-state index < -0.39 is 0 Å². The average Bonchev–Trinajstić information content (AvgIpc) is 2.79. The third-order valence-corrected chi connectivity index (χ3v) is 2.79. The van der Waals surface area contributed by atoms with Crippen LogP contribution in [0.1, 0.15) is 18.4 Å². The number of nitrogens with one attached hydrogen (secondary N) is 1. The molecule has 2 aromatic heterocycles. The van der Waals surface area contributed by atoms with Gasteiger partial charge in [-0.25, -0.2) is 0 Å². The summed E-state index contributed by atoms with van der Waals surface area (Å²) >= 11 is 1.44. The van der Waals surface area contributed by atoms with Gasteiger partial charge in [0, 0.05) is 12.7 Å². The fourth-order valence-electron chi connectivity index (χ4n) is 1.23. The summed E-state index contributed by atoms with van der Waals surface area (Å²) in [5.41, 5.74) is 0. The van der Waals surface area contributed by atoms with Gasteiger partial charge < -0.3 is 10.1 Å². The van der Waals surface area contributed by atoms with Crippen molar-refractivity contribution in [2.45, 2.75) is 19.9 Å². The van der Waals surface area contributed by atoms with E-state index in [9.17, 15) is 0 Å².